The van der Waals surface area contributed by atoms with Gasteiger partial charge in [-0.25, -0.2) is 22.8 Å². The van der Waals surface area contributed by atoms with Crippen LogP contribution in [0.3, 0.4) is 0 Å². The lowest BCUT2D eigenvalue weighted by Crippen LogP contribution is -2.15. The normalized spacial score (nSPS) is 11.3. The Hall–Kier alpha value is -1.93. The van der Waals surface area contributed by atoms with Crippen molar-refractivity contribution < 1.29 is 12.8 Å². The van der Waals surface area contributed by atoms with Crippen molar-refractivity contribution in [1.82, 2.24) is 9.97 Å². The lowest BCUT2D eigenvalue weighted by atomic mass is 10.2. The van der Waals surface area contributed by atoms with Crippen LogP contribution in [0, 0.1) is 12.7 Å². The lowest BCUT2D eigenvalue weighted by Gasteiger charge is -2.09. The quantitative estimate of drug-likeness (QED) is 0.666. The maximum atomic E-state index is 13.6. The summed E-state index contributed by atoms with van der Waals surface area (Å²) in [5.74, 6) is -0.726. The van der Waals surface area contributed by atoms with E-state index < -0.39 is 15.8 Å². The van der Waals surface area contributed by atoms with Crippen LogP contribution in [0.25, 0.3) is 0 Å². The van der Waals surface area contributed by atoms with E-state index in [9.17, 15) is 12.8 Å². The topological polar surface area (TPSA) is 98.0 Å². The summed E-state index contributed by atoms with van der Waals surface area (Å²) in [7, 11) is -4.01. The zero-order chi connectivity index (χ0) is 14.9. The highest BCUT2D eigenvalue weighted by Crippen LogP contribution is 2.22. The fraction of sp³-hybridized carbons (Fsp3) is 0.0909. The van der Waals surface area contributed by atoms with Crippen molar-refractivity contribution in [3.8, 4) is 0 Å². The van der Waals surface area contributed by atoms with Crippen molar-refractivity contribution >= 4 is 33.1 Å². The second-order valence-electron chi connectivity index (χ2n) is 3.95. The molecule has 0 bridgehead atoms. The molecule has 0 aliphatic heterocycles. The molecule has 0 saturated heterocycles. The van der Waals surface area contributed by atoms with Crippen LogP contribution in [0.5, 0.6) is 0 Å². The smallest absolute Gasteiger partial charge is 0.263 e. The average Bonchev–Trinajstić information content (AvgIpc) is 2.34. The third-order valence-corrected chi connectivity index (χ3v) is 4.08. The third-order valence-electron chi connectivity index (χ3n) is 2.54. The number of nitrogens with one attached hydrogen (secondary N) is 1. The Morgan fingerprint density at radius 3 is 2.60 bits per heavy atom. The van der Waals surface area contributed by atoms with E-state index in [0.717, 1.165) is 12.4 Å². The van der Waals surface area contributed by atoms with Gasteiger partial charge in [0, 0.05) is 17.3 Å². The summed E-state index contributed by atoms with van der Waals surface area (Å²) in [4.78, 5) is 7.03. The minimum absolute atomic E-state index is 0.0236. The zero-order valence-corrected chi connectivity index (χ0v) is 11.8. The van der Waals surface area contributed by atoms with E-state index in [4.69, 9.17) is 17.3 Å². The minimum Gasteiger partial charge on any atom is -0.398 e. The molecule has 0 saturated carbocycles. The number of anilines is 2. The number of nitrogens with zero attached hydrogens (tertiary/aromatic N) is 2. The predicted octanol–water partition coefficient (Wildman–Crippen LogP) is 1.96. The Morgan fingerprint density at radius 1 is 1.30 bits per heavy atom. The fourth-order valence-electron chi connectivity index (χ4n) is 1.42. The first-order valence-corrected chi connectivity index (χ1v) is 7.22. The van der Waals surface area contributed by atoms with Crippen molar-refractivity contribution in [2.24, 2.45) is 0 Å². The van der Waals surface area contributed by atoms with Crippen molar-refractivity contribution in [3.63, 3.8) is 0 Å². The molecule has 0 amide bonds. The van der Waals surface area contributed by atoms with Crippen LogP contribution in [-0.4, -0.2) is 18.4 Å². The Balaban J connectivity index is 2.41. The molecule has 2 rings (SSSR count). The highest BCUT2D eigenvalue weighted by molar-refractivity contribution is 7.92. The molecule has 0 unspecified atom stereocenters. The van der Waals surface area contributed by atoms with E-state index in [0.29, 0.717) is 0 Å². The van der Waals surface area contributed by atoms with Crippen molar-refractivity contribution in [1.29, 1.82) is 0 Å². The van der Waals surface area contributed by atoms with Gasteiger partial charge >= 0.3 is 0 Å². The van der Waals surface area contributed by atoms with Crippen LogP contribution < -0.4 is 10.5 Å². The Kier molecular flexibility index (Phi) is 3.78. The number of nitrogens with two attached hydrogens (primary N) is 1. The molecule has 106 valence electrons. The summed E-state index contributed by atoms with van der Waals surface area (Å²) >= 11 is 5.63. The largest absolute Gasteiger partial charge is 0.398 e. The van der Waals surface area contributed by atoms with Gasteiger partial charge in [-0.05, 0) is 19.1 Å². The van der Waals surface area contributed by atoms with Crippen LogP contribution in [0.4, 0.5) is 15.9 Å². The minimum atomic E-state index is -4.01. The van der Waals surface area contributed by atoms with Crippen molar-refractivity contribution in [3.05, 3.63) is 41.1 Å². The van der Waals surface area contributed by atoms with Crippen LogP contribution in [0.2, 0.25) is 5.15 Å². The third kappa shape index (κ3) is 2.97. The predicted molar refractivity (Wildman–Crippen MR) is 73.4 cm³/mol. The van der Waals surface area contributed by atoms with Gasteiger partial charge in [0.05, 0.1) is 4.90 Å². The van der Waals surface area contributed by atoms with E-state index in [2.05, 4.69) is 14.7 Å². The van der Waals surface area contributed by atoms with Gasteiger partial charge in [-0.1, -0.05) is 11.6 Å². The van der Waals surface area contributed by atoms with Crippen LogP contribution in [0.15, 0.2) is 29.4 Å². The summed E-state index contributed by atoms with van der Waals surface area (Å²) in [5, 5.41) is 0.0762. The molecule has 1 aromatic carbocycles. The summed E-state index contributed by atoms with van der Waals surface area (Å²) < 4.78 is 39.9. The molecule has 1 aromatic heterocycles. The van der Waals surface area contributed by atoms with E-state index >= 15 is 0 Å². The molecule has 9 heteroatoms. The first kappa shape index (κ1) is 14.5. The molecule has 3 N–H and O–H groups in total. The van der Waals surface area contributed by atoms with Crippen LogP contribution in [-0.2, 0) is 10.0 Å². The summed E-state index contributed by atoms with van der Waals surface area (Å²) in [6.07, 6.45) is 1.10. The fourth-order valence-corrected chi connectivity index (χ4v) is 2.61. The summed E-state index contributed by atoms with van der Waals surface area (Å²) in [6.45, 7) is 1.46. The monoisotopic (exact) mass is 316 g/mol. The van der Waals surface area contributed by atoms with Gasteiger partial charge in [0.25, 0.3) is 10.0 Å². The Labute approximate surface area is 119 Å². The van der Waals surface area contributed by atoms with E-state index in [1.54, 1.807) is 0 Å². The number of aromatic nitrogens is 2. The first-order valence-electron chi connectivity index (χ1n) is 5.35. The molecule has 0 aliphatic rings. The van der Waals surface area contributed by atoms with E-state index in [1.807, 2.05) is 0 Å². The Bertz CT molecular complexity index is 744. The number of hydrogen-bond acceptors (Lipinski definition) is 5. The highest BCUT2D eigenvalue weighted by atomic mass is 35.5. The number of benzene rings is 1. The lowest BCUT2D eigenvalue weighted by molar-refractivity contribution is 0.593. The maximum absolute atomic E-state index is 13.6. The van der Waals surface area contributed by atoms with Gasteiger partial charge < -0.3 is 5.73 Å². The van der Waals surface area contributed by atoms with E-state index in [-0.39, 0.29) is 27.1 Å². The van der Waals surface area contributed by atoms with Gasteiger partial charge in [-0.15, -0.1) is 0 Å². The van der Waals surface area contributed by atoms with Gasteiger partial charge in [-0.3, -0.25) is 4.72 Å². The molecule has 20 heavy (non-hydrogen) atoms. The molecular weight excluding hydrogens is 307 g/mol. The number of rotatable bonds is 3. The highest BCUT2D eigenvalue weighted by Gasteiger charge is 2.18. The molecule has 6 nitrogen and oxygen atoms in total. The maximum Gasteiger partial charge on any atom is 0.263 e. The second kappa shape index (κ2) is 5.22. The zero-order valence-electron chi connectivity index (χ0n) is 10.3. The van der Waals surface area contributed by atoms with Crippen LogP contribution in [0.1, 0.15) is 5.56 Å². The molecule has 1 heterocycles. The first-order chi connectivity index (χ1) is 9.29. The SMILES string of the molecule is Cc1c(N)cc(S(=O)(=O)Nc2cc(Cl)ncn2)cc1F. The van der Waals surface area contributed by atoms with Gasteiger partial charge in [0.15, 0.2) is 0 Å². The molecule has 0 radical (unpaired) electrons. The molecule has 0 atom stereocenters. The van der Waals surface area contributed by atoms with E-state index in [1.165, 1.54) is 19.1 Å². The standard InChI is InChI=1S/C11H10ClFN4O2S/c1-6-8(13)2-7(3-9(6)14)20(18,19)17-11-4-10(12)15-5-16-11/h2-5H,14H2,1H3,(H,15,16,17). The molecule has 0 spiro atoms. The Morgan fingerprint density at radius 2 is 2.00 bits per heavy atom. The number of halogens is 2. The molecular formula is C11H10ClFN4O2S. The number of nitrogen functional groups attached to an aromatic ring is 1. The van der Waals surface area contributed by atoms with Crippen molar-refractivity contribution in [2.75, 3.05) is 10.5 Å². The summed E-state index contributed by atoms with van der Waals surface area (Å²) in [6, 6.07) is 3.29. The summed E-state index contributed by atoms with van der Waals surface area (Å²) in [5.41, 5.74) is 5.79. The van der Waals surface area contributed by atoms with Gasteiger partial charge in [0.2, 0.25) is 0 Å². The second-order valence-corrected chi connectivity index (χ2v) is 6.02. The van der Waals surface area contributed by atoms with Gasteiger partial charge in [-0.2, -0.15) is 0 Å². The molecule has 2 aromatic rings. The average molecular weight is 317 g/mol. The van der Waals surface area contributed by atoms with Gasteiger partial charge in [0.1, 0.15) is 23.1 Å². The molecule has 0 aliphatic carbocycles. The van der Waals surface area contributed by atoms with Crippen molar-refractivity contribution in [2.45, 2.75) is 11.8 Å². The number of sulfonamides is 1. The number of hydrogen-bond donors (Lipinski definition) is 2. The molecule has 0 fully saturated rings. The van der Waals surface area contributed by atoms with Crippen LogP contribution >= 0.6 is 11.6 Å².